The average Bonchev–Trinajstić information content (AvgIpc) is 2.81. The summed E-state index contributed by atoms with van der Waals surface area (Å²) in [5, 5.41) is 10.5. The fraction of sp³-hybridized carbons (Fsp3) is 0. The Morgan fingerprint density at radius 2 is 1.29 bits per heavy atom. The molecule has 9 heteroatoms. The SMILES string of the molecule is O=C([O-])c1ccccc1N1C(=O)c2c(Cl)c(Cl)c(Cl)c(Cl)c2C1=O. The average molecular weight is 404 g/mol. The van der Waals surface area contributed by atoms with E-state index in [2.05, 4.69) is 0 Å². The zero-order valence-electron chi connectivity index (χ0n) is 11.4. The van der Waals surface area contributed by atoms with Crippen LogP contribution in [0, 0.1) is 0 Å². The first-order valence-corrected chi connectivity index (χ1v) is 7.83. The third-order valence-corrected chi connectivity index (χ3v) is 5.27. The Bertz CT molecular complexity index is 895. The van der Waals surface area contributed by atoms with Gasteiger partial charge in [0.1, 0.15) is 0 Å². The second-order valence-electron chi connectivity index (χ2n) is 4.76. The summed E-state index contributed by atoms with van der Waals surface area (Å²) in [6.07, 6.45) is 0. The fourth-order valence-electron chi connectivity index (χ4n) is 2.41. The number of fused-ring (bicyclic) bond motifs is 1. The van der Waals surface area contributed by atoms with Crippen LogP contribution >= 0.6 is 46.4 Å². The first-order chi connectivity index (χ1) is 11.3. The summed E-state index contributed by atoms with van der Waals surface area (Å²) in [5.74, 6) is -3.25. The van der Waals surface area contributed by atoms with Gasteiger partial charge in [-0.15, -0.1) is 0 Å². The van der Waals surface area contributed by atoms with Crippen LogP contribution in [0.2, 0.25) is 20.1 Å². The van der Waals surface area contributed by atoms with Gasteiger partial charge in [-0.2, -0.15) is 0 Å². The number of benzene rings is 2. The summed E-state index contributed by atoms with van der Waals surface area (Å²) in [6, 6.07) is 5.39. The van der Waals surface area contributed by atoms with Gasteiger partial charge < -0.3 is 9.90 Å². The molecule has 0 spiro atoms. The Labute approximate surface area is 155 Å². The first kappa shape index (κ1) is 17.0. The first-order valence-electron chi connectivity index (χ1n) is 6.32. The second-order valence-corrected chi connectivity index (χ2v) is 6.27. The molecule has 0 N–H and O–H groups in total. The van der Waals surface area contributed by atoms with E-state index in [4.69, 9.17) is 46.4 Å². The number of hydrogen-bond donors (Lipinski definition) is 0. The Morgan fingerprint density at radius 1 is 0.833 bits per heavy atom. The number of amides is 2. The van der Waals surface area contributed by atoms with Gasteiger partial charge in [0, 0.05) is 5.56 Å². The number of nitrogens with zero attached hydrogens (tertiary/aromatic N) is 1. The molecule has 0 bridgehead atoms. The van der Waals surface area contributed by atoms with Gasteiger partial charge in [0.2, 0.25) is 0 Å². The molecule has 0 saturated carbocycles. The van der Waals surface area contributed by atoms with E-state index in [9.17, 15) is 19.5 Å². The minimum atomic E-state index is -1.55. The molecule has 0 aromatic heterocycles. The van der Waals surface area contributed by atoms with Crippen molar-refractivity contribution >= 4 is 69.9 Å². The van der Waals surface area contributed by atoms with Gasteiger partial charge in [0.25, 0.3) is 11.8 Å². The molecule has 122 valence electrons. The molecular weight excluding hydrogens is 400 g/mol. The highest BCUT2D eigenvalue weighted by Crippen LogP contribution is 2.45. The molecular formula is C15H4Cl4NO4-. The summed E-state index contributed by atoms with van der Waals surface area (Å²) in [5.41, 5.74) is -0.956. The maximum Gasteiger partial charge on any atom is 0.267 e. The largest absolute Gasteiger partial charge is 0.545 e. The van der Waals surface area contributed by atoms with E-state index in [0.717, 1.165) is 0 Å². The molecule has 0 radical (unpaired) electrons. The van der Waals surface area contributed by atoms with E-state index in [1.807, 2.05) is 0 Å². The molecule has 0 saturated heterocycles. The van der Waals surface area contributed by atoms with Gasteiger partial charge in [-0.3, -0.25) is 9.59 Å². The highest BCUT2D eigenvalue weighted by Gasteiger charge is 2.43. The number of carbonyl (C=O) groups is 3. The lowest BCUT2D eigenvalue weighted by Crippen LogP contribution is -2.33. The number of anilines is 1. The number of imide groups is 1. The van der Waals surface area contributed by atoms with Crippen LogP contribution in [0.5, 0.6) is 0 Å². The lowest BCUT2D eigenvalue weighted by atomic mass is 10.1. The number of para-hydroxylation sites is 1. The highest BCUT2D eigenvalue weighted by molar-refractivity contribution is 6.56. The molecule has 0 aliphatic carbocycles. The molecule has 2 amide bonds. The van der Waals surface area contributed by atoms with Crippen LogP contribution in [0.4, 0.5) is 5.69 Å². The van der Waals surface area contributed by atoms with Crippen molar-refractivity contribution in [3.63, 3.8) is 0 Å². The summed E-state index contributed by atoms with van der Waals surface area (Å²) in [6.45, 7) is 0. The van der Waals surface area contributed by atoms with Crippen LogP contribution in [0.15, 0.2) is 24.3 Å². The van der Waals surface area contributed by atoms with Crippen LogP contribution in [0.1, 0.15) is 31.1 Å². The molecule has 2 aromatic rings. The van der Waals surface area contributed by atoms with Crippen molar-refractivity contribution in [2.45, 2.75) is 0 Å². The van der Waals surface area contributed by atoms with Crippen LogP contribution < -0.4 is 10.0 Å². The molecule has 5 nitrogen and oxygen atoms in total. The van der Waals surface area contributed by atoms with Crippen molar-refractivity contribution in [3.8, 4) is 0 Å². The third-order valence-electron chi connectivity index (χ3n) is 3.47. The number of halogens is 4. The van der Waals surface area contributed by atoms with Crippen molar-refractivity contribution in [2.24, 2.45) is 0 Å². The van der Waals surface area contributed by atoms with Crippen LogP contribution in [0.25, 0.3) is 0 Å². The normalized spacial score (nSPS) is 13.4. The van der Waals surface area contributed by atoms with Crippen LogP contribution in [-0.4, -0.2) is 17.8 Å². The summed E-state index contributed by atoms with van der Waals surface area (Å²) in [4.78, 5) is 37.2. The number of hydrogen-bond acceptors (Lipinski definition) is 4. The van der Waals surface area contributed by atoms with Crippen molar-refractivity contribution in [1.82, 2.24) is 0 Å². The van der Waals surface area contributed by atoms with E-state index in [-0.39, 0.29) is 42.5 Å². The molecule has 3 rings (SSSR count). The van der Waals surface area contributed by atoms with Gasteiger partial charge in [-0.25, -0.2) is 4.90 Å². The van der Waals surface area contributed by atoms with Gasteiger partial charge in [0.15, 0.2) is 0 Å². The molecule has 2 aromatic carbocycles. The van der Waals surface area contributed by atoms with E-state index < -0.39 is 17.8 Å². The van der Waals surface area contributed by atoms with Crippen LogP contribution in [-0.2, 0) is 0 Å². The number of aromatic carboxylic acids is 1. The third kappa shape index (κ3) is 2.28. The predicted molar refractivity (Wildman–Crippen MR) is 88.4 cm³/mol. The number of rotatable bonds is 2. The molecule has 1 heterocycles. The number of carboxylic acids is 1. The van der Waals surface area contributed by atoms with E-state index in [1.54, 1.807) is 0 Å². The Morgan fingerprint density at radius 3 is 1.75 bits per heavy atom. The topological polar surface area (TPSA) is 77.5 Å². The van der Waals surface area contributed by atoms with Crippen molar-refractivity contribution < 1.29 is 19.5 Å². The van der Waals surface area contributed by atoms with Crippen LogP contribution in [0.3, 0.4) is 0 Å². The summed E-state index contributed by atoms with van der Waals surface area (Å²) >= 11 is 23.9. The van der Waals surface area contributed by atoms with Gasteiger partial charge >= 0.3 is 0 Å². The number of carboxylic acid groups (broad SMARTS) is 1. The Hall–Kier alpha value is -1.79. The van der Waals surface area contributed by atoms with Gasteiger partial charge in [0.05, 0.1) is 42.9 Å². The predicted octanol–water partition coefficient (Wildman–Crippen LogP) is 3.46. The standard InChI is InChI=1S/C15H5Cl4NO4/c16-9-7-8(10(17)12(19)11(9)18)14(22)20(13(7)21)6-4-2-1-3-5(6)15(23)24/h1-4H,(H,23,24)/p-1. The summed E-state index contributed by atoms with van der Waals surface area (Å²) in [7, 11) is 0. The van der Waals surface area contributed by atoms with Crippen molar-refractivity contribution in [1.29, 1.82) is 0 Å². The van der Waals surface area contributed by atoms with Crippen molar-refractivity contribution in [3.05, 3.63) is 61.0 Å². The maximum atomic E-state index is 12.7. The van der Waals surface area contributed by atoms with E-state index >= 15 is 0 Å². The van der Waals surface area contributed by atoms with Crippen molar-refractivity contribution in [2.75, 3.05) is 4.90 Å². The molecule has 0 atom stereocenters. The Kier molecular flexibility index (Phi) is 4.21. The van der Waals surface area contributed by atoms with Gasteiger partial charge in [-0.1, -0.05) is 64.6 Å². The zero-order valence-corrected chi connectivity index (χ0v) is 14.4. The minimum absolute atomic E-state index is 0.164. The molecule has 1 aliphatic rings. The molecule has 24 heavy (non-hydrogen) atoms. The fourth-order valence-corrected chi connectivity index (χ4v) is 3.42. The number of carbonyl (C=O) groups excluding carboxylic acids is 3. The monoisotopic (exact) mass is 402 g/mol. The van der Waals surface area contributed by atoms with E-state index in [0.29, 0.717) is 4.90 Å². The molecule has 0 unspecified atom stereocenters. The van der Waals surface area contributed by atoms with E-state index in [1.165, 1.54) is 24.3 Å². The lowest BCUT2D eigenvalue weighted by Gasteiger charge is -2.18. The Balaban J connectivity index is 2.29. The second kappa shape index (κ2) is 5.93. The maximum absolute atomic E-state index is 12.7. The molecule has 1 aliphatic heterocycles. The zero-order chi connectivity index (χ0) is 17.8. The summed E-state index contributed by atoms with van der Waals surface area (Å²) < 4.78 is 0. The molecule has 0 fully saturated rings. The quantitative estimate of drug-likeness (QED) is 0.437. The smallest absolute Gasteiger partial charge is 0.267 e. The highest BCUT2D eigenvalue weighted by atomic mass is 35.5. The van der Waals surface area contributed by atoms with Gasteiger partial charge in [-0.05, 0) is 6.07 Å². The lowest BCUT2D eigenvalue weighted by molar-refractivity contribution is -0.254. The minimum Gasteiger partial charge on any atom is -0.545 e.